The van der Waals surface area contributed by atoms with Gasteiger partial charge in [0.25, 0.3) is 0 Å². The van der Waals surface area contributed by atoms with Gasteiger partial charge in [0.15, 0.2) is 0 Å². The highest BCUT2D eigenvalue weighted by Crippen LogP contribution is 2.25. The number of pyridine rings is 2. The molecule has 4 heterocycles. The highest BCUT2D eigenvalue weighted by atomic mass is 35.5. The van der Waals surface area contributed by atoms with Gasteiger partial charge in [0, 0.05) is 86.2 Å². The lowest BCUT2D eigenvalue weighted by Crippen LogP contribution is -2.54. The molecule has 0 radical (unpaired) electrons. The first kappa shape index (κ1) is 49.0. The molecule has 19 heteroatoms. The van der Waals surface area contributed by atoms with Crippen LogP contribution in [-0.2, 0) is 27.3 Å². The van der Waals surface area contributed by atoms with Gasteiger partial charge in [0.1, 0.15) is 5.60 Å². The average molecular weight is 914 g/mol. The van der Waals surface area contributed by atoms with Gasteiger partial charge in [0.2, 0.25) is 0 Å². The molecule has 0 unspecified atom stereocenters. The maximum absolute atomic E-state index is 13.5. The van der Waals surface area contributed by atoms with Crippen molar-refractivity contribution in [2.24, 2.45) is 0 Å². The van der Waals surface area contributed by atoms with Crippen LogP contribution in [0.5, 0.6) is 0 Å². The fraction of sp³-hybridized carbons (Fsp3) is 0.372. The van der Waals surface area contributed by atoms with Crippen molar-refractivity contribution in [3.8, 4) is 0 Å². The van der Waals surface area contributed by atoms with Crippen LogP contribution in [0.15, 0.2) is 85.2 Å². The van der Waals surface area contributed by atoms with Crippen LogP contribution in [0.3, 0.4) is 0 Å². The SMILES string of the molecule is COC(=O)c1ccc(CN(C(=O)N2CCN(C(=O)OC(C)(C)C)CC2)c2cccc(Cl)c2)nc1.COC(=O)c1ccc(CN(C(=O)N2CCNCC2)c2cccc(Cl)c2)nc1.Cl. The second-order valence-electron chi connectivity index (χ2n) is 14.9. The zero-order chi connectivity index (χ0) is 44.1. The molecule has 0 saturated carbocycles. The van der Waals surface area contributed by atoms with E-state index in [0.717, 1.165) is 13.1 Å². The van der Waals surface area contributed by atoms with Crippen molar-refractivity contribution in [1.29, 1.82) is 0 Å². The minimum absolute atomic E-state index is 0. The molecule has 4 aromatic rings. The zero-order valence-corrected chi connectivity index (χ0v) is 37.5. The number of ether oxygens (including phenoxy) is 3. The fourth-order valence-corrected chi connectivity index (χ4v) is 6.64. The first-order valence-electron chi connectivity index (χ1n) is 19.5. The van der Waals surface area contributed by atoms with E-state index < -0.39 is 17.5 Å². The number of urea groups is 2. The number of nitrogens with zero attached hydrogens (tertiary/aromatic N) is 7. The molecule has 2 aliphatic rings. The minimum atomic E-state index is -0.580. The summed E-state index contributed by atoms with van der Waals surface area (Å²) in [7, 11) is 2.63. The number of carbonyl (C=O) groups is 5. The molecular weight excluding hydrogens is 863 g/mol. The number of aromatic nitrogens is 2. The second-order valence-corrected chi connectivity index (χ2v) is 15.8. The van der Waals surface area contributed by atoms with Crippen LogP contribution in [0.1, 0.15) is 52.9 Å². The quantitative estimate of drug-likeness (QED) is 0.141. The van der Waals surface area contributed by atoms with Gasteiger partial charge >= 0.3 is 30.1 Å². The molecule has 0 atom stereocenters. The highest BCUT2D eigenvalue weighted by Gasteiger charge is 2.31. The van der Waals surface area contributed by atoms with Crippen molar-refractivity contribution in [2.45, 2.75) is 39.5 Å². The van der Waals surface area contributed by atoms with Crippen LogP contribution in [0.25, 0.3) is 0 Å². The Kier molecular flexibility index (Phi) is 18.1. The number of benzene rings is 2. The first-order chi connectivity index (χ1) is 29.1. The molecule has 2 saturated heterocycles. The molecule has 1 N–H and O–H groups in total. The number of carbonyl (C=O) groups excluding carboxylic acids is 5. The van der Waals surface area contributed by atoms with Crippen LogP contribution in [-0.4, -0.2) is 127 Å². The monoisotopic (exact) mass is 912 g/mol. The molecule has 0 bridgehead atoms. The van der Waals surface area contributed by atoms with Crippen molar-refractivity contribution in [1.82, 2.24) is 30.0 Å². The molecule has 0 spiro atoms. The van der Waals surface area contributed by atoms with Crippen LogP contribution in [0.4, 0.5) is 25.8 Å². The summed E-state index contributed by atoms with van der Waals surface area (Å²) in [6, 6.07) is 20.5. The van der Waals surface area contributed by atoms with Crippen molar-refractivity contribution in [2.75, 3.05) is 76.4 Å². The summed E-state index contributed by atoms with van der Waals surface area (Å²) in [5.74, 6) is -0.928. The number of methoxy groups -OCH3 is 2. The van der Waals surface area contributed by atoms with E-state index in [-0.39, 0.29) is 43.7 Å². The van der Waals surface area contributed by atoms with Crippen LogP contribution in [0, 0.1) is 0 Å². The van der Waals surface area contributed by atoms with E-state index in [1.807, 2.05) is 32.9 Å². The minimum Gasteiger partial charge on any atom is -0.465 e. The summed E-state index contributed by atoms with van der Waals surface area (Å²) in [5, 5.41) is 4.29. The van der Waals surface area contributed by atoms with Crippen molar-refractivity contribution in [3.63, 3.8) is 0 Å². The largest absolute Gasteiger partial charge is 0.465 e. The third-order valence-corrected chi connectivity index (χ3v) is 9.89. The van der Waals surface area contributed by atoms with Gasteiger partial charge < -0.3 is 34.2 Å². The topological polar surface area (TPSA) is 167 Å². The first-order valence-corrected chi connectivity index (χ1v) is 20.3. The van der Waals surface area contributed by atoms with E-state index in [2.05, 4.69) is 20.0 Å². The summed E-state index contributed by atoms with van der Waals surface area (Å²) in [6.07, 6.45) is 2.48. The number of halogens is 3. The van der Waals surface area contributed by atoms with E-state index in [1.165, 1.54) is 26.6 Å². The van der Waals surface area contributed by atoms with Gasteiger partial charge in [-0.05, 0) is 81.4 Å². The highest BCUT2D eigenvalue weighted by molar-refractivity contribution is 6.31. The number of rotatable bonds is 8. The molecule has 332 valence electrons. The van der Waals surface area contributed by atoms with Gasteiger partial charge in [-0.2, -0.15) is 0 Å². The molecule has 2 aromatic carbocycles. The van der Waals surface area contributed by atoms with Crippen LogP contribution in [0.2, 0.25) is 10.0 Å². The van der Waals surface area contributed by atoms with Gasteiger partial charge in [-0.1, -0.05) is 35.3 Å². The molecule has 62 heavy (non-hydrogen) atoms. The van der Waals surface area contributed by atoms with E-state index in [0.29, 0.717) is 83.2 Å². The summed E-state index contributed by atoms with van der Waals surface area (Å²) >= 11 is 12.3. The fourth-order valence-electron chi connectivity index (χ4n) is 6.27. The van der Waals surface area contributed by atoms with Gasteiger partial charge in [-0.3, -0.25) is 19.8 Å². The Hall–Kier alpha value is -5.68. The van der Waals surface area contributed by atoms with E-state index in [9.17, 15) is 24.0 Å². The average Bonchev–Trinajstić information content (AvgIpc) is 3.26. The zero-order valence-electron chi connectivity index (χ0n) is 35.2. The van der Waals surface area contributed by atoms with E-state index in [1.54, 1.807) is 85.2 Å². The van der Waals surface area contributed by atoms with Crippen molar-refractivity contribution < 1.29 is 38.2 Å². The second kappa shape index (κ2) is 23.0. The Labute approximate surface area is 377 Å². The lowest BCUT2D eigenvalue weighted by atomic mass is 10.2. The van der Waals surface area contributed by atoms with Crippen LogP contribution >= 0.6 is 35.6 Å². The van der Waals surface area contributed by atoms with Crippen molar-refractivity contribution >= 4 is 77.1 Å². The Balaban J connectivity index is 0.000000275. The Morgan fingerprint density at radius 1 is 0.645 bits per heavy atom. The number of amides is 5. The predicted molar refractivity (Wildman–Crippen MR) is 238 cm³/mol. The molecule has 6 rings (SSSR count). The number of hydrogen-bond donors (Lipinski definition) is 1. The molecule has 5 amide bonds. The normalized spacial score (nSPS) is 13.7. The van der Waals surface area contributed by atoms with E-state index >= 15 is 0 Å². The lowest BCUT2D eigenvalue weighted by molar-refractivity contribution is 0.0171. The van der Waals surface area contributed by atoms with Crippen molar-refractivity contribution in [3.05, 3.63) is 118 Å². The molecular formula is C43H51Cl3N8O8. The lowest BCUT2D eigenvalue weighted by Gasteiger charge is -2.38. The molecule has 2 aromatic heterocycles. The Bertz CT molecular complexity index is 2140. The van der Waals surface area contributed by atoms with Gasteiger partial charge in [0.05, 0.1) is 49.8 Å². The molecule has 0 aliphatic carbocycles. The number of hydrogen-bond acceptors (Lipinski definition) is 11. The maximum Gasteiger partial charge on any atom is 0.410 e. The third kappa shape index (κ3) is 13.9. The third-order valence-electron chi connectivity index (χ3n) is 9.42. The number of nitrogens with one attached hydrogen (secondary N) is 1. The van der Waals surface area contributed by atoms with E-state index in [4.69, 9.17) is 32.7 Å². The summed E-state index contributed by atoms with van der Waals surface area (Å²) in [5.41, 5.74) is 2.67. The Morgan fingerprint density at radius 3 is 1.44 bits per heavy atom. The molecule has 2 fully saturated rings. The predicted octanol–water partition coefficient (Wildman–Crippen LogP) is 7.18. The van der Waals surface area contributed by atoms with Gasteiger partial charge in [-0.25, -0.2) is 24.0 Å². The maximum atomic E-state index is 13.5. The smallest absolute Gasteiger partial charge is 0.410 e. The standard InChI is InChI=1S/C24H29ClN4O5.C19H21ClN4O3.ClH/c1-24(2,3)34-23(32)28-12-10-27(11-13-28)22(31)29(20-7-5-6-18(25)14-20)16-19-9-8-17(15-26-19)21(30)33-4;1-27-18(25)14-5-6-16(22-12-14)13-24(17-4-2-3-15(20)11-17)19(26)23-9-7-21-8-10-23;/h5-9,14-15H,10-13,16H2,1-4H3;2-6,11-12,21H,7-10,13H2,1H3;1H. The van der Waals surface area contributed by atoms with Gasteiger partial charge in [-0.15, -0.1) is 12.4 Å². The number of anilines is 2. The summed E-state index contributed by atoms with van der Waals surface area (Å²) in [6.45, 7) is 10.2. The molecule has 2 aliphatic heterocycles. The number of esters is 2. The molecule has 16 nitrogen and oxygen atoms in total. The summed E-state index contributed by atoms with van der Waals surface area (Å²) < 4.78 is 14.8. The summed E-state index contributed by atoms with van der Waals surface area (Å²) in [4.78, 5) is 79.2. The van der Waals surface area contributed by atoms with Crippen LogP contribution < -0.4 is 15.1 Å². The number of piperazine rings is 2. The Morgan fingerprint density at radius 2 is 1.06 bits per heavy atom.